The summed E-state index contributed by atoms with van der Waals surface area (Å²) in [5, 5.41) is 7.50. The number of hydrogen-bond donors (Lipinski definition) is 1. The molecule has 3 rings (SSSR count). The monoisotopic (exact) mass is 305 g/mol. The summed E-state index contributed by atoms with van der Waals surface area (Å²) in [4.78, 5) is 14.2. The van der Waals surface area contributed by atoms with Crippen molar-refractivity contribution in [3.05, 3.63) is 46.8 Å². The number of amides is 2. The van der Waals surface area contributed by atoms with Crippen LogP contribution in [0.3, 0.4) is 0 Å². The van der Waals surface area contributed by atoms with E-state index in [9.17, 15) is 4.79 Å². The van der Waals surface area contributed by atoms with Crippen LogP contribution >= 0.6 is 11.6 Å². The molecule has 2 heterocycles. The maximum Gasteiger partial charge on any atom is 0.322 e. The first-order chi connectivity index (χ1) is 10.1. The van der Waals surface area contributed by atoms with Gasteiger partial charge >= 0.3 is 6.03 Å². The van der Waals surface area contributed by atoms with Gasteiger partial charge in [0.25, 0.3) is 0 Å². The van der Waals surface area contributed by atoms with E-state index in [1.54, 1.807) is 23.1 Å². The van der Waals surface area contributed by atoms with Crippen LogP contribution in [0.25, 0.3) is 0 Å². The molecule has 5 nitrogen and oxygen atoms in total. The highest BCUT2D eigenvalue weighted by molar-refractivity contribution is 6.30. The van der Waals surface area contributed by atoms with Crippen LogP contribution in [-0.4, -0.2) is 22.6 Å². The summed E-state index contributed by atoms with van der Waals surface area (Å²) in [7, 11) is 0. The van der Waals surface area contributed by atoms with E-state index < -0.39 is 0 Å². The van der Waals surface area contributed by atoms with Gasteiger partial charge in [-0.15, -0.1) is 0 Å². The van der Waals surface area contributed by atoms with Crippen LogP contribution in [-0.2, 0) is 0 Å². The van der Waals surface area contributed by atoms with Gasteiger partial charge in [0.2, 0.25) is 0 Å². The smallest absolute Gasteiger partial charge is 0.322 e. The quantitative estimate of drug-likeness (QED) is 0.912. The average molecular weight is 306 g/mol. The second kappa shape index (κ2) is 5.77. The van der Waals surface area contributed by atoms with E-state index in [4.69, 9.17) is 16.1 Å². The summed E-state index contributed by atoms with van der Waals surface area (Å²) >= 11 is 5.93. The lowest BCUT2D eigenvalue weighted by Gasteiger charge is -2.23. The molecule has 1 atom stereocenters. The van der Waals surface area contributed by atoms with Gasteiger partial charge in [-0.05, 0) is 38.0 Å². The average Bonchev–Trinajstić information content (AvgIpc) is 3.06. The third-order valence-electron chi connectivity index (χ3n) is 3.58. The summed E-state index contributed by atoms with van der Waals surface area (Å²) in [6.45, 7) is 2.56. The Morgan fingerprint density at radius 3 is 3.05 bits per heavy atom. The highest BCUT2D eigenvalue weighted by Crippen LogP contribution is 2.32. The summed E-state index contributed by atoms with van der Waals surface area (Å²) in [5.74, 6) is 0.757. The fraction of sp³-hybridized carbons (Fsp3) is 0.333. The number of aromatic nitrogens is 1. The Bertz CT molecular complexity index is 656. The number of carbonyl (C=O) groups excluding carboxylic acids is 1. The highest BCUT2D eigenvalue weighted by atomic mass is 35.5. The number of hydrogen-bond acceptors (Lipinski definition) is 3. The first kappa shape index (κ1) is 13.9. The van der Waals surface area contributed by atoms with Crippen molar-refractivity contribution in [2.45, 2.75) is 25.8 Å². The van der Waals surface area contributed by atoms with E-state index in [1.165, 1.54) is 0 Å². The van der Waals surface area contributed by atoms with Crippen molar-refractivity contribution in [1.29, 1.82) is 0 Å². The standard InChI is InChI=1S/C15H16ClN3O2/c1-10-8-13(18-21-10)14-6-3-7-19(14)15(20)17-12-5-2-4-11(16)9-12/h2,4-5,8-9,14H,3,6-7H2,1H3,(H,17,20)/t14-/m0/s1. The van der Waals surface area contributed by atoms with Crippen LogP contribution in [0.15, 0.2) is 34.9 Å². The van der Waals surface area contributed by atoms with Gasteiger partial charge < -0.3 is 14.7 Å². The van der Waals surface area contributed by atoms with Gasteiger partial charge in [-0.1, -0.05) is 22.8 Å². The highest BCUT2D eigenvalue weighted by Gasteiger charge is 2.32. The third-order valence-corrected chi connectivity index (χ3v) is 3.81. The minimum absolute atomic E-state index is 0.0263. The zero-order chi connectivity index (χ0) is 14.8. The molecule has 1 aromatic carbocycles. The van der Waals surface area contributed by atoms with Crippen molar-refractivity contribution >= 4 is 23.3 Å². The van der Waals surface area contributed by atoms with Crippen molar-refractivity contribution in [3.63, 3.8) is 0 Å². The predicted molar refractivity (Wildman–Crippen MR) is 80.4 cm³/mol. The lowest BCUT2D eigenvalue weighted by molar-refractivity contribution is 0.204. The van der Waals surface area contributed by atoms with E-state index >= 15 is 0 Å². The van der Waals surface area contributed by atoms with Crippen LogP contribution in [0.4, 0.5) is 10.5 Å². The van der Waals surface area contributed by atoms with Gasteiger partial charge in [0.05, 0.1) is 6.04 Å². The molecule has 1 saturated heterocycles. The van der Waals surface area contributed by atoms with Crippen LogP contribution in [0.1, 0.15) is 30.3 Å². The van der Waals surface area contributed by atoms with E-state index in [2.05, 4.69) is 10.5 Å². The number of rotatable bonds is 2. The largest absolute Gasteiger partial charge is 0.361 e. The van der Waals surface area contributed by atoms with E-state index in [1.807, 2.05) is 19.1 Å². The first-order valence-electron chi connectivity index (χ1n) is 6.90. The molecule has 0 bridgehead atoms. The topological polar surface area (TPSA) is 58.4 Å². The number of halogens is 1. The Morgan fingerprint density at radius 1 is 1.48 bits per heavy atom. The minimum Gasteiger partial charge on any atom is -0.361 e. The molecule has 1 aliphatic rings. The molecule has 0 aliphatic carbocycles. The molecule has 0 spiro atoms. The number of aryl methyl sites for hydroxylation is 1. The van der Waals surface area contributed by atoms with Crippen LogP contribution in [0.2, 0.25) is 5.02 Å². The number of benzene rings is 1. The Labute approximate surface area is 127 Å². The molecular formula is C15H16ClN3O2. The summed E-state index contributed by atoms with van der Waals surface area (Å²) in [5.41, 5.74) is 1.50. The SMILES string of the molecule is Cc1cc([C@@H]2CCCN2C(=O)Nc2cccc(Cl)c2)no1. The predicted octanol–water partition coefficient (Wildman–Crippen LogP) is 4.01. The van der Waals surface area contributed by atoms with E-state index in [0.717, 1.165) is 24.3 Å². The lowest BCUT2D eigenvalue weighted by atomic mass is 10.1. The summed E-state index contributed by atoms with van der Waals surface area (Å²) in [6, 6.07) is 8.84. The molecule has 1 aromatic heterocycles. The molecular weight excluding hydrogens is 290 g/mol. The van der Waals surface area contributed by atoms with Crippen molar-refractivity contribution in [3.8, 4) is 0 Å². The molecule has 0 radical (unpaired) electrons. The molecule has 1 fully saturated rings. The number of nitrogens with one attached hydrogen (secondary N) is 1. The number of anilines is 1. The second-order valence-electron chi connectivity index (χ2n) is 5.15. The Kier molecular flexibility index (Phi) is 3.84. The molecule has 110 valence electrons. The van der Waals surface area contributed by atoms with Crippen LogP contribution in [0.5, 0.6) is 0 Å². The van der Waals surface area contributed by atoms with Gasteiger partial charge in [-0.3, -0.25) is 0 Å². The van der Waals surface area contributed by atoms with Gasteiger partial charge in [-0.2, -0.15) is 0 Å². The summed E-state index contributed by atoms with van der Waals surface area (Å²) < 4.78 is 5.11. The van der Waals surface area contributed by atoms with E-state index in [0.29, 0.717) is 17.3 Å². The fourth-order valence-electron chi connectivity index (χ4n) is 2.62. The first-order valence-corrected chi connectivity index (χ1v) is 7.28. The van der Waals surface area contributed by atoms with Crippen molar-refractivity contribution in [2.24, 2.45) is 0 Å². The minimum atomic E-state index is -0.139. The van der Waals surface area contributed by atoms with Crippen molar-refractivity contribution < 1.29 is 9.32 Å². The molecule has 1 aliphatic heterocycles. The second-order valence-corrected chi connectivity index (χ2v) is 5.59. The van der Waals surface area contributed by atoms with E-state index in [-0.39, 0.29) is 12.1 Å². The maximum absolute atomic E-state index is 12.4. The molecule has 1 N–H and O–H groups in total. The van der Waals surface area contributed by atoms with Crippen molar-refractivity contribution in [1.82, 2.24) is 10.1 Å². The Morgan fingerprint density at radius 2 is 2.33 bits per heavy atom. The van der Waals surface area contributed by atoms with Gasteiger partial charge in [0.1, 0.15) is 11.5 Å². The van der Waals surface area contributed by atoms with Crippen LogP contribution in [0, 0.1) is 6.92 Å². The van der Waals surface area contributed by atoms with Gasteiger partial charge in [0, 0.05) is 23.3 Å². The van der Waals surface area contributed by atoms with Gasteiger partial charge in [-0.25, -0.2) is 4.79 Å². The zero-order valence-electron chi connectivity index (χ0n) is 11.7. The lowest BCUT2D eigenvalue weighted by Crippen LogP contribution is -2.34. The molecule has 21 heavy (non-hydrogen) atoms. The Balaban J connectivity index is 1.74. The Hall–Kier alpha value is -2.01. The fourth-order valence-corrected chi connectivity index (χ4v) is 2.81. The molecule has 0 saturated carbocycles. The number of carbonyl (C=O) groups is 1. The maximum atomic E-state index is 12.4. The van der Waals surface area contributed by atoms with Gasteiger partial charge in [0.15, 0.2) is 0 Å². The molecule has 2 aromatic rings. The summed E-state index contributed by atoms with van der Waals surface area (Å²) in [6.07, 6.45) is 1.86. The number of nitrogens with zero attached hydrogens (tertiary/aromatic N) is 2. The molecule has 0 unspecified atom stereocenters. The third kappa shape index (κ3) is 3.03. The number of likely N-dealkylation sites (tertiary alicyclic amines) is 1. The van der Waals surface area contributed by atoms with Crippen LogP contribution < -0.4 is 5.32 Å². The normalized spacial score (nSPS) is 18.0. The number of urea groups is 1. The van der Waals surface area contributed by atoms with Crippen molar-refractivity contribution in [2.75, 3.05) is 11.9 Å². The molecule has 6 heteroatoms. The zero-order valence-corrected chi connectivity index (χ0v) is 12.4. The molecule has 2 amide bonds.